The van der Waals surface area contributed by atoms with Gasteiger partial charge in [0, 0.05) is 23.4 Å². The minimum Gasteiger partial charge on any atom is -0.318 e. The van der Waals surface area contributed by atoms with Crippen LogP contribution in [0.1, 0.15) is 0 Å². The fraction of sp³-hybridized carbons (Fsp3) is 0.500. The van der Waals surface area contributed by atoms with Crippen LogP contribution >= 0.6 is 11.8 Å². The SMILES string of the molecule is N#CC1C2=C(C=CC23CNC3)SC1N. The molecule has 2 unspecified atom stereocenters. The molecule has 2 atom stereocenters. The van der Waals surface area contributed by atoms with E-state index in [0.717, 1.165) is 13.1 Å². The molecule has 0 saturated carbocycles. The molecule has 1 aliphatic carbocycles. The molecule has 3 nitrogen and oxygen atoms in total. The summed E-state index contributed by atoms with van der Waals surface area (Å²) in [7, 11) is 0. The van der Waals surface area contributed by atoms with E-state index in [0.29, 0.717) is 0 Å². The first kappa shape index (κ1) is 8.54. The van der Waals surface area contributed by atoms with Gasteiger partial charge in [-0.05, 0) is 5.57 Å². The molecule has 4 heteroatoms. The van der Waals surface area contributed by atoms with Crippen LogP contribution in [-0.4, -0.2) is 18.5 Å². The maximum atomic E-state index is 9.11. The number of nitriles is 1. The van der Waals surface area contributed by atoms with Crippen LogP contribution in [0.15, 0.2) is 22.6 Å². The largest absolute Gasteiger partial charge is 0.318 e. The van der Waals surface area contributed by atoms with Crippen molar-refractivity contribution in [2.45, 2.75) is 5.37 Å². The van der Waals surface area contributed by atoms with E-state index in [9.17, 15) is 0 Å². The maximum absolute atomic E-state index is 9.11. The van der Waals surface area contributed by atoms with Crippen LogP contribution < -0.4 is 11.1 Å². The summed E-state index contributed by atoms with van der Waals surface area (Å²) in [5, 5.41) is 12.3. The van der Waals surface area contributed by atoms with E-state index >= 15 is 0 Å². The number of rotatable bonds is 0. The highest BCUT2D eigenvalue weighted by molar-refractivity contribution is 8.04. The summed E-state index contributed by atoms with van der Waals surface area (Å²) in [5.41, 5.74) is 7.33. The van der Waals surface area contributed by atoms with Crippen molar-refractivity contribution < 1.29 is 0 Å². The second-order valence-corrected chi connectivity index (χ2v) is 5.28. The number of hydrogen-bond donors (Lipinski definition) is 2. The maximum Gasteiger partial charge on any atom is 0.0943 e. The van der Waals surface area contributed by atoms with Crippen molar-refractivity contribution in [2.24, 2.45) is 17.1 Å². The standard InChI is InChI=1S/C10H11N3S/c11-3-6-8-7(14-9(6)12)1-2-10(8)4-13-5-10/h1-2,6,9,13H,4-5,12H2. The minimum absolute atomic E-state index is 0.0626. The first-order chi connectivity index (χ1) is 6.77. The molecule has 2 aliphatic heterocycles. The molecule has 3 rings (SSSR count). The molecular weight excluding hydrogens is 194 g/mol. The van der Waals surface area contributed by atoms with Crippen LogP contribution in [0.3, 0.4) is 0 Å². The van der Waals surface area contributed by atoms with Crippen LogP contribution in [0, 0.1) is 22.7 Å². The summed E-state index contributed by atoms with van der Waals surface area (Å²) >= 11 is 1.64. The monoisotopic (exact) mass is 205 g/mol. The molecule has 0 amide bonds. The predicted octanol–water partition coefficient (Wildman–Crippen LogP) is 0.571. The minimum atomic E-state index is -0.0906. The Bertz CT molecular complexity index is 387. The fourth-order valence-electron chi connectivity index (χ4n) is 2.45. The normalized spacial score (nSPS) is 37.1. The Kier molecular flexibility index (Phi) is 1.61. The van der Waals surface area contributed by atoms with Crippen molar-refractivity contribution in [3.8, 4) is 6.07 Å². The number of nitrogens with one attached hydrogen (secondary N) is 1. The third-order valence-corrected chi connectivity index (χ3v) is 4.43. The molecule has 3 N–H and O–H groups in total. The molecule has 14 heavy (non-hydrogen) atoms. The molecule has 72 valence electrons. The van der Waals surface area contributed by atoms with Crippen LogP contribution in [0.4, 0.5) is 0 Å². The summed E-state index contributed by atoms with van der Waals surface area (Å²) < 4.78 is 0. The first-order valence-electron chi connectivity index (χ1n) is 4.73. The highest BCUT2D eigenvalue weighted by atomic mass is 32.2. The second kappa shape index (κ2) is 2.63. The van der Waals surface area contributed by atoms with Gasteiger partial charge in [0.15, 0.2) is 0 Å². The van der Waals surface area contributed by atoms with E-state index in [1.54, 1.807) is 11.8 Å². The molecule has 0 radical (unpaired) electrons. The molecule has 2 heterocycles. The molecular formula is C10H11N3S. The first-order valence-corrected chi connectivity index (χ1v) is 5.61. The van der Waals surface area contributed by atoms with E-state index in [4.69, 9.17) is 11.0 Å². The van der Waals surface area contributed by atoms with E-state index in [1.807, 2.05) is 0 Å². The van der Waals surface area contributed by atoms with Gasteiger partial charge in [0.05, 0.1) is 17.4 Å². The predicted molar refractivity (Wildman–Crippen MR) is 56.1 cm³/mol. The Balaban J connectivity index is 2.04. The van der Waals surface area contributed by atoms with Gasteiger partial charge in [-0.1, -0.05) is 12.2 Å². The van der Waals surface area contributed by atoms with Gasteiger partial charge in [0.2, 0.25) is 0 Å². The lowest BCUT2D eigenvalue weighted by Crippen LogP contribution is -2.54. The van der Waals surface area contributed by atoms with Gasteiger partial charge in [-0.3, -0.25) is 0 Å². The van der Waals surface area contributed by atoms with Gasteiger partial charge >= 0.3 is 0 Å². The number of nitrogens with two attached hydrogens (primary N) is 1. The molecule has 3 aliphatic rings. The quantitative estimate of drug-likeness (QED) is 0.607. The summed E-state index contributed by atoms with van der Waals surface area (Å²) in [6.07, 6.45) is 4.37. The van der Waals surface area contributed by atoms with Crippen LogP contribution in [-0.2, 0) is 0 Å². The fourth-order valence-corrected chi connectivity index (χ4v) is 3.68. The van der Waals surface area contributed by atoms with Gasteiger partial charge in [-0.2, -0.15) is 5.26 Å². The Labute approximate surface area is 87.0 Å². The van der Waals surface area contributed by atoms with E-state index in [-0.39, 0.29) is 16.7 Å². The van der Waals surface area contributed by atoms with Gasteiger partial charge in [0.25, 0.3) is 0 Å². The van der Waals surface area contributed by atoms with Crippen molar-refractivity contribution in [3.63, 3.8) is 0 Å². The molecule has 1 saturated heterocycles. The number of hydrogen-bond acceptors (Lipinski definition) is 4. The lowest BCUT2D eigenvalue weighted by Gasteiger charge is -2.41. The van der Waals surface area contributed by atoms with Gasteiger partial charge in [-0.25, -0.2) is 0 Å². The average Bonchev–Trinajstić information content (AvgIpc) is 2.58. The third kappa shape index (κ3) is 0.850. The lowest BCUT2D eigenvalue weighted by molar-refractivity contribution is 0.280. The van der Waals surface area contributed by atoms with Gasteiger partial charge in [0.1, 0.15) is 0 Å². The molecule has 0 bridgehead atoms. The summed E-state index contributed by atoms with van der Waals surface area (Å²) in [6.45, 7) is 1.93. The number of thioether (sulfide) groups is 1. The number of fused-ring (bicyclic) bond motifs is 1. The summed E-state index contributed by atoms with van der Waals surface area (Å²) in [6, 6.07) is 2.34. The Hall–Kier alpha value is -0.760. The van der Waals surface area contributed by atoms with Crippen molar-refractivity contribution >= 4 is 11.8 Å². The lowest BCUT2D eigenvalue weighted by atomic mass is 9.72. The number of nitrogens with zero attached hydrogens (tertiary/aromatic N) is 1. The van der Waals surface area contributed by atoms with Crippen molar-refractivity contribution in [1.29, 1.82) is 5.26 Å². The molecule has 0 aromatic heterocycles. The molecule has 0 aromatic carbocycles. The van der Waals surface area contributed by atoms with Crippen LogP contribution in [0.5, 0.6) is 0 Å². The average molecular weight is 205 g/mol. The van der Waals surface area contributed by atoms with E-state index < -0.39 is 0 Å². The van der Waals surface area contributed by atoms with E-state index in [2.05, 4.69) is 23.5 Å². The molecule has 1 fully saturated rings. The van der Waals surface area contributed by atoms with E-state index in [1.165, 1.54) is 10.5 Å². The second-order valence-electron chi connectivity index (χ2n) is 4.06. The van der Waals surface area contributed by atoms with Gasteiger partial charge in [-0.15, -0.1) is 11.8 Å². The zero-order valence-corrected chi connectivity index (χ0v) is 8.47. The Morgan fingerprint density at radius 3 is 3.00 bits per heavy atom. The Morgan fingerprint density at radius 1 is 1.64 bits per heavy atom. The van der Waals surface area contributed by atoms with Crippen LogP contribution in [0.25, 0.3) is 0 Å². The molecule has 1 spiro atoms. The zero-order valence-electron chi connectivity index (χ0n) is 7.66. The van der Waals surface area contributed by atoms with Crippen molar-refractivity contribution in [3.05, 3.63) is 22.6 Å². The third-order valence-electron chi connectivity index (χ3n) is 3.28. The van der Waals surface area contributed by atoms with Gasteiger partial charge < -0.3 is 11.1 Å². The highest BCUT2D eigenvalue weighted by Crippen LogP contribution is 2.54. The molecule has 0 aromatic rings. The Morgan fingerprint density at radius 2 is 2.43 bits per heavy atom. The topological polar surface area (TPSA) is 61.8 Å². The highest BCUT2D eigenvalue weighted by Gasteiger charge is 2.50. The summed E-state index contributed by atoms with van der Waals surface area (Å²) in [5.74, 6) is -0.0906. The van der Waals surface area contributed by atoms with Crippen molar-refractivity contribution in [2.75, 3.05) is 13.1 Å². The zero-order chi connectivity index (χ0) is 9.76. The smallest absolute Gasteiger partial charge is 0.0943 e. The number of allylic oxidation sites excluding steroid dienone is 1. The van der Waals surface area contributed by atoms with Crippen molar-refractivity contribution in [1.82, 2.24) is 5.32 Å². The van der Waals surface area contributed by atoms with Crippen LogP contribution in [0.2, 0.25) is 0 Å². The summed E-state index contributed by atoms with van der Waals surface area (Å²) in [4.78, 5) is 1.24.